The number of benzene rings is 2. The highest BCUT2D eigenvalue weighted by Crippen LogP contribution is 2.22. The topological polar surface area (TPSA) is 95.6 Å². The Kier molecular flexibility index (Phi) is 7.46. The second-order valence-electron chi connectivity index (χ2n) is 8.01. The van der Waals surface area contributed by atoms with Crippen molar-refractivity contribution in [2.75, 3.05) is 18.4 Å². The number of hydrogen-bond acceptors (Lipinski definition) is 4. The van der Waals surface area contributed by atoms with Crippen molar-refractivity contribution in [3.63, 3.8) is 0 Å². The van der Waals surface area contributed by atoms with Crippen LogP contribution in [0.1, 0.15) is 32.3 Å². The van der Waals surface area contributed by atoms with Crippen molar-refractivity contribution in [3.05, 3.63) is 60.2 Å². The Morgan fingerprint density at radius 1 is 1.03 bits per heavy atom. The molecule has 2 N–H and O–H groups in total. The maximum atomic E-state index is 12.8. The summed E-state index contributed by atoms with van der Waals surface area (Å²) in [5, 5.41) is 2.59. The van der Waals surface area contributed by atoms with Crippen LogP contribution in [-0.4, -0.2) is 44.3 Å². The van der Waals surface area contributed by atoms with E-state index in [1.165, 1.54) is 36.8 Å². The summed E-state index contributed by atoms with van der Waals surface area (Å²) in [6, 6.07) is 15.3. The van der Waals surface area contributed by atoms with E-state index in [0.717, 1.165) is 19.3 Å². The minimum Gasteiger partial charge on any atom is -0.341 e. The molecule has 1 aliphatic heterocycles. The molecule has 0 radical (unpaired) electrons. The molecule has 2 aromatic rings. The molecule has 0 spiro atoms. The van der Waals surface area contributed by atoms with Crippen LogP contribution in [0.3, 0.4) is 0 Å². The largest absolute Gasteiger partial charge is 0.341 e. The molecule has 0 saturated carbocycles. The third-order valence-electron chi connectivity index (χ3n) is 5.48. The zero-order chi connectivity index (χ0) is 22.4. The van der Waals surface area contributed by atoms with E-state index in [-0.39, 0.29) is 16.7 Å². The van der Waals surface area contributed by atoms with Gasteiger partial charge in [-0.3, -0.25) is 9.59 Å². The van der Waals surface area contributed by atoms with Crippen LogP contribution in [-0.2, 0) is 26.0 Å². The van der Waals surface area contributed by atoms with Gasteiger partial charge in [0.2, 0.25) is 21.8 Å². The lowest BCUT2D eigenvalue weighted by Crippen LogP contribution is -2.49. The van der Waals surface area contributed by atoms with Crippen LogP contribution < -0.4 is 10.0 Å². The maximum absolute atomic E-state index is 12.8. The molecule has 2 amide bonds. The minimum absolute atomic E-state index is 0.0443. The maximum Gasteiger partial charge on any atom is 0.241 e. The SMILES string of the molecule is CC(=O)Nc1ccc(S(=O)(=O)N[C@@H](C)C(=O)N2CCC(Cc3ccccc3)CC2)cc1. The highest BCUT2D eigenvalue weighted by molar-refractivity contribution is 7.89. The van der Waals surface area contributed by atoms with E-state index in [1.807, 2.05) is 18.2 Å². The number of piperidine rings is 1. The molecule has 0 bridgehead atoms. The molecule has 3 rings (SSSR count). The lowest BCUT2D eigenvalue weighted by atomic mass is 9.90. The Morgan fingerprint density at radius 2 is 1.65 bits per heavy atom. The van der Waals surface area contributed by atoms with Gasteiger partial charge in [0.15, 0.2) is 0 Å². The third-order valence-corrected chi connectivity index (χ3v) is 7.04. The first kappa shape index (κ1) is 23.0. The molecular formula is C23H29N3O4S. The average Bonchev–Trinajstić information content (AvgIpc) is 2.74. The Morgan fingerprint density at radius 3 is 2.23 bits per heavy atom. The first-order valence-corrected chi connectivity index (χ1v) is 12.0. The Balaban J connectivity index is 1.53. The molecular weight excluding hydrogens is 414 g/mol. The van der Waals surface area contributed by atoms with Gasteiger partial charge < -0.3 is 10.2 Å². The first-order valence-electron chi connectivity index (χ1n) is 10.5. The third kappa shape index (κ3) is 6.38. The fraction of sp³-hybridized carbons (Fsp3) is 0.391. The van der Waals surface area contributed by atoms with Gasteiger partial charge >= 0.3 is 0 Å². The van der Waals surface area contributed by atoms with Gasteiger partial charge in [-0.15, -0.1) is 0 Å². The Labute approximate surface area is 183 Å². The summed E-state index contributed by atoms with van der Waals surface area (Å²) in [5.41, 5.74) is 1.81. The number of carbonyl (C=O) groups is 2. The van der Waals surface area contributed by atoms with Crippen LogP contribution in [0.15, 0.2) is 59.5 Å². The van der Waals surface area contributed by atoms with Gasteiger partial charge in [-0.05, 0) is 61.9 Å². The number of nitrogens with one attached hydrogen (secondary N) is 2. The zero-order valence-electron chi connectivity index (χ0n) is 17.9. The number of anilines is 1. The van der Waals surface area contributed by atoms with E-state index in [4.69, 9.17) is 0 Å². The number of hydrogen-bond donors (Lipinski definition) is 2. The van der Waals surface area contributed by atoms with E-state index in [9.17, 15) is 18.0 Å². The number of amides is 2. The average molecular weight is 444 g/mol. The second kappa shape index (κ2) is 10.1. The van der Waals surface area contributed by atoms with Crippen molar-refractivity contribution in [1.29, 1.82) is 0 Å². The summed E-state index contributed by atoms with van der Waals surface area (Å²) in [6.07, 6.45) is 2.81. The number of carbonyl (C=O) groups excluding carboxylic acids is 2. The summed E-state index contributed by atoms with van der Waals surface area (Å²) >= 11 is 0. The van der Waals surface area contributed by atoms with Gasteiger partial charge in [0.25, 0.3) is 0 Å². The molecule has 0 aliphatic carbocycles. The van der Waals surface area contributed by atoms with Gasteiger partial charge in [-0.1, -0.05) is 30.3 Å². The summed E-state index contributed by atoms with van der Waals surface area (Å²) in [4.78, 5) is 25.7. The Bertz CT molecular complexity index is 999. The van der Waals surface area contributed by atoms with Crippen LogP contribution >= 0.6 is 0 Å². The van der Waals surface area contributed by atoms with Gasteiger partial charge in [0.1, 0.15) is 0 Å². The summed E-state index contributed by atoms with van der Waals surface area (Å²) in [7, 11) is -3.85. The monoisotopic (exact) mass is 443 g/mol. The minimum atomic E-state index is -3.85. The Hall–Kier alpha value is -2.71. The normalized spacial score (nSPS) is 16.0. The van der Waals surface area contributed by atoms with Gasteiger partial charge in [0, 0.05) is 25.7 Å². The van der Waals surface area contributed by atoms with Crippen molar-refractivity contribution >= 4 is 27.5 Å². The van der Waals surface area contributed by atoms with Gasteiger partial charge in [0.05, 0.1) is 10.9 Å². The second-order valence-corrected chi connectivity index (χ2v) is 9.72. The molecule has 31 heavy (non-hydrogen) atoms. The molecule has 7 nitrogen and oxygen atoms in total. The van der Waals surface area contributed by atoms with Crippen molar-refractivity contribution in [1.82, 2.24) is 9.62 Å². The number of likely N-dealkylation sites (tertiary alicyclic amines) is 1. The predicted octanol–water partition coefficient (Wildman–Crippen LogP) is 2.79. The molecule has 8 heteroatoms. The summed E-state index contributed by atoms with van der Waals surface area (Å²) < 4.78 is 27.8. The lowest BCUT2D eigenvalue weighted by Gasteiger charge is -2.33. The lowest BCUT2D eigenvalue weighted by molar-refractivity contribution is -0.134. The molecule has 1 heterocycles. The standard InChI is InChI=1S/C23H29N3O4S/c1-17(25-31(29,30)22-10-8-21(9-11-22)24-18(2)27)23(28)26-14-12-20(13-15-26)16-19-6-4-3-5-7-19/h3-11,17,20,25H,12-16H2,1-2H3,(H,24,27)/t17-/m0/s1. The highest BCUT2D eigenvalue weighted by Gasteiger charge is 2.29. The predicted molar refractivity (Wildman–Crippen MR) is 120 cm³/mol. The fourth-order valence-electron chi connectivity index (χ4n) is 3.85. The molecule has 1 saturated heterocycles. The molecule has 0 aromatic heterocycles. The molecule has 2 aromatic carbocycles. The first-order chi connectivity index (χ1) is 14.7. The van der Waals surface area contributed by atoms with Crippen LogP contribution in [0.4, 0.5) is 5.69 Å². The summed E-state index contributed by atoms with van der Waals surface area (Å²) in [5.74, 6) is 0.0812. The molecule has 166 valence electrons. The number of rotatable bonds is 7. The smallest absolute Gasteiger partial charge is 0.241 e. The number of sulfonamides is 1. The molecule has 0 unspecified atom stereocenters. The van der Waals surface area contributed by atoms with Crippen LogP contribution in [0.2, 0.25) is 0 Å². The molecule has 1 aliphatic rings. The van der Waals surface area contributed by atoms with E-state index >= 15 is 0 Å². The van der Waals surface area contributed by atoms with E-state index < -0.39 is 16.1 Å². The van der Waals surface area contributed by atoms with Crippen molar-refractivity contribution < 1.29 is 18.0 Å². The van der Waals surface area contributed by atoms with Crippen molar-refractivity contribution in [2.24, 2.45) is 5.92 Å². The number of nitrogens with zero attached hydrogens (tertiary/aromatic N) is 1. The van der Waals surface area contributed by atoms with Gasteiger partial charge in [-0.25, -0.2) is 8.42 Å². The fourth-order valence-corrected chi connectivity index (χ4v) is 5.05. The van der Waals surface area contributed by atoms with Crippen molar-refractivity contribution in [2.45, 2.75) is 44.0 Å². The van der Waals surface area contributed by atoms with Crippen LogP contribution in [0, 0.1) is 5.92 Å². The summed E-state index contributed by atoms with van der Waals surface area (Å²) in [6.45, 7) is 4.22. The van der Waals surface area contributed by atoms with Crippen LogP contribution in [0.25, 0.3) is 0 Å². The molecule has 1 atom stereocenters. The molecule has 1 fully saturated rings. The van der Waals surface area contributed by atoms with E-state index in [1.54, 1.807) is 11.8 Å². The zero-order valence-corrected chi connectivity index (χ0v) is 18.7. The van der Waals surface area contributed by atoms with E-state index in [2.05, 4.69) is 22.2 Å². The van der Waals surface area contributed by atoms with Crippen LogP contribution in [0.5, 0.6) is 0 Å². The van der Waals surface area contributed by atoms with Crippen molar-refractivity contribution in [3.8, 4) is 0 Å². The van der Waals surface area contributed by atoms with Gasteiger partial charge in [-0.2, -0.15) is 4.72 Å². The van der Waals surface area contributed by atoms with E-state index in [0.29, 0.717) is 24.7 Å². The quantitative estimate of drug-likeness (QED) is 0.688. The highest BCUT2D eigenvalue weighted by atomic mass is 32.2.